The summed E-state index contributed by atoms with van der Waals surface area (Å²) < 4.78 is 0. The van der Waals surface area contributed by atoms with Crippen molar-refractivity contribution in [3.05, 3.63) is 0 Å². The van der Waals surface area contributed by atoms with Gasteiger partial charge in [-0.3, -0.25) is 0 Å². The molecule has 2 N–H and O–H groups in total. The lowest BCUT2D eigenvalue weighted by atomic mass is 10.1. The number of hydrogen-bond donors (Lipinski definition) is 2. The van der Waals surface area contributed by atoms with Gasteiger partial charge in [0, 0.05) is 19.1 Å². The number of rotatable bonds is 6. The van der Waals surface area contributed by atoms with Gasteiger partial charge in [0.05, 0.1) is 0 Å². The van der Waals surface area contributed by atoms with E-state index in [0.717, 1.165) is 25.0 Å². The lowest BCUT2D eigenvalue weighted by Gasteiger charge is -2.09. The SMILES string of the molecule is C(CNC1CC1)NCC1CCSC1. The van der Waals surface area contributed by atoms with E-state index >= 15 is 0 Å². The van der Waals surface area contributed by atoms with Crippen molar-refractivity contribution in [2.45, 2.75) is 25.3 Å². The maximum Gasteiger partial charge on any atom is 0.00793 e. The highest BCUT2D eigenvalue weighted by Gasteiger charge is 2.19. The maximum atomic E-state index is 3.53. The molecule has 1 heterocycles. The molecule has 1 unspecified atom stereocenters. The van der Waals surface area contributed by atoms with Crippen molar-refractivity contribution in [3.8, 4) is 0 Å². The Bertz CT molecular complexity index is 142. The van der Waals surface area contributed by atoms with Crippen molar-refractivity contribution in [2.24, 2.45) is 5.92 Å². The van der Waals surface area contributed by atoms with Crippen molar-refractivity contribution in [1.29, 1.82) is 0 Å². The molecule has 2 rings (SSSR count). The summed E-state index contributed by atoms with van der Waals surface area (Å²) in [7, 11) is 0. The summed E-state index contributed by atoms with van der Waals surface area (Å²) in [6, 6.07) is 0.865. The first-order chi connectivity index (χ1) is 6.45. The fraction of sp³-hybridized carbons (Fsp3) is 1.00. The van der Waals surface area contributed by atoms with Gasteiger partial charge in [0.1, 0.15) is 0 Å². The first-order valence-corrected chi connectivity index (χ1v) is 6.62. The minimum Gasteiger partial charge on any atom is -0.315 e. The Balaban J connectivity index is 1.39. The summed E-state index contributed by atoms with van der Waals surface area (Å²) in [5.74, 6) is 3.71. The molecule has 1 saturated heterocycles. The van der Waals surface area contributed by atoms with Crippen molar-refractivity contribution in [2.75, 3.05) is 31.1 Å². The summed E-state index contributed by atoms with van der Waals surface area (Å²) in [4.78, 5) is 0. The molecule has 2 fully saturated rings. The summed E-state index contributed by atoms with van der Waals surface area (Å²) in [6.07, 6.45) is 4.23. The van der Waals surface area contributed by atoms with Crippen molar-refractivity contribution < 1.29 is 0 Å². The second-order valence-electron chi connectivity index (χ2n) is 4.16. The van der Waals surface area contributed by atoms with Crippen LogP contribution in [0, 0.1) is 5.92 Å². The largest absolute Gasteiger partial charge is 0.315 e. The molecule has 1 aliphatic carbocycles. The summed E-state index contributed by atoms with van der Waals surface area (Å²) in [6.45, 7) is 3.54. The van der Waals surface area contributed by atoms with Crippen LogP contribution in [-0.4, -0.2) is 37.2 Å². The highest BCUT2D eigenvalue weighted by molar-refractivity contribution is 7.99. The fourth-order valence-corrected chi connectivity index (χ4v) is 2.99. The third kappa shape index (κ3) is 3.88. The van der Waals surface area contributed by atoms with Crippen LogP contribution in [0.2, 0.25) is 0 Å². The van der Waals surface area contributed by atoms with Crippen LogP contribution in [0.5, 0.6) is 0 Å². The van der Waals surface area contributed by atoms with Gasteiger partial charge in [0.25, 0.3) is 0 Å². The Morgan fingerprint density at radius 3 is 2.77 bits per heavy atom. The van der Waals surface area contributed by atoms with Crippen LogP contribution in [-0.2, 0) is 0 Å². The number of hydrogen-bond acceptors (Lipinski definition) is 3. The van der Waals surface area contributed by atoms with Gasteiger partial charge >= 0.3 is 0 Å². The van der Waals surface area contributed by atoms with E-state index in [4.69, 9.17) is 0 Å². The highest BCUT2D eigenvalue weighted by Crippen LogP contribution is 2.22. The average Bonchev–Trinajstić information content (AvgIpc) is 2.81. The maximum absolute atomic E-state index is 3.53. The normalized spacial score (nSPS) is 28.2. The molecule has 76 valence electrons. The Morgan fingerprint density at radius 2 is 2.08 bits per heavy atom. The Morgan fingerprint density at radius 1 is 1.15 bits per heavy atom. The van der Waals surface area contributed by atoms with E-state index in [0.29, 0.717) is 0 Å². The van der Waals surface area contributed by atoms with Gasteiger partial charge < -0.3 is 10.6 Å². The first kappa shape index (κ1) is 9.81. The zero-order valence-corrected chi connectivity index (χ0v) is 9.04. The van der Waals surface area contributed by atoms with Gasteiger partial charge in [-0.25, -0.2) is 0 Å². The zero-order chi connectivity index (χ0) is 8.93. The average molecular weight is 200 g/mol. The molecule has 0 spiro atoms. The molecule has 0 amide bonds. The molecule has 0 aromatic rings. The van der Waals surface area contributed by atoms with Crippen LogP contribution in [0.1, 0.15) is 19.3 Å². The second-order valence-corrected chi connectivity index (χ2v) is 5.31. The highest BCUT2D eigenvalue weighted by atomic mass is 32.2. The van der Waals surface area contributed by atoms with Crippen LogP contribution >= 0.6 is 11.8 Å². The van der Waals surface area contributed by atoms with E-state index in [1.165, 1.54) is 37.3 Å². The van der Waals surface area contributed by atoms with Crippen molar-refractivity contribution in [3.63, 3.8) is 0 Å². The summed E-state index contributed by atoms with van der Waals surface area (Å²) in [5, 5.41) is 7.05. The van der Waals surface area contributed by atoms with Gasteiger partial charge in [-0.05, 0) is 43.2 Å². The zero-order valence-electron chi connectivity index (χ0n) is 8.22. The molecule has 1 atom stereocenters. The molecular formula is C10H20N2S. The van der Waals surface area contributed by atoms with Crippen LogP contribution < -0.4 is 10.6 Å². The van der Waals surface area contributed by atoms with Crippen LogP contribution in [0.15, 0.2) is 0 Å². The van der Waals surface area contributed by atoms with Crippen LogP contribution in [0.25, 0.3) is 0 Å². The van der Waals surface area contributed by atoms with E-state index in [1.54, 1.807) is 0 Å². The van der Waals surface area contributed by atoms with Gasteiger partial charge in [-0.15, -0.1) is 0 Å². The van der Waals surface area contributed by atoms with Gasteiger partial charge in [-0.2, -0.15) is 11.8 Å². The topological polar surface area (TPSA) is 24.1 Å². The summed E-state index contributed by atoms with van der Waals surface area (Å²) in [5.41, 5.74) is 0. The van der Waals surface area contributed by atoms with Crippen molar-refractivity contribution >= 4 is 11.8 Å². The lowest BCUT2D eigenvalue weighted by molar-refractivity contribution is 0.512. The summed E-state index contributed by atoms with van der Waals surface area (Å²) >= 11 is 2.11. The van der Waals surface area contributed by atoms with E-state index in [1.807, 2.05) is 0 Å². The lowest BCUT2D eigenvalue weighted by Crippen LogP contribution is -2.31. The molecule has 1 saturated carbocycles. The molecule has 0 aromatic carbocycles. The molecule has 0 radical (unpaired) electrons. The van der Waals surface area contributed by atoms with E-state index in [-0.39, 0.29) is 0 Å². The molecule has 0 bridgehead atoms. The number of nitrogens with one attached hydrogen (secondary N) is 2. The predicted molar refractivity (Wildman–Crippen MR) is 59.3 cm³/mol. The monoisotopic (exact) mass is 200 g/mol. The van der Waals surface area contributed by atoms with Gasteiger partial charge in [0.15, 0.2) is 0 Å². The Hall–Kier alpha value is 0.270. The Labute approximate surface area is 85.2 Å². The molecule has 0 aromatic heterocycles. The predicted octanol–water partition coefficient (Wildman–Crippen LogP) is 1.08. The number of thioether (sulfide) groups is 1. The van der Waals surface area contributed by atoms with Gasteiger partial charge in [-0.1, -0.05) is 0 Å². The minimum absolute atomic E-state index is 0.865. The van der Waals surface area contributed by atoms with E-state index in [9.17, 15) is 0 Å². The smallest absolute Gasteiger partial charge is 0.00793 e. The minimum atomic E-state index is 0.865. The fourth-order valence-electron chi connectivity index (χ4n) is 1.70. The molecule has 13 heavy (non-hydrogen) atoms. The van der Waals surface area contributed by atoms with E-state index in [2.05, 4.69) is 22.4 Å². The van der Waals surface area contributed by atoms with Gasteiger partial charge in [0.2, 0.25) is 0 Å². The molecule has 2 nitrogen and oxygen atoms in total. The third-order valence-corrected chi connectivity index (χ3v) is 4.00. The molecule has 3 heteroatoms. The molecular weight excluding hydrogens is 180 g/mol. The quantitative estimate of drug-likeness (QED) is 0.628. The molecule has 1 aliphatic heterocycles. The van der Waals surface area contributed by atoms with Crippen LogP contribution in [0.3, 0.4) is 0 Å². The second kappa shape index (κ2) is 5.23. The van der Waals surface area contributed by atoms with E-state index < -0.39 is 0 Å². The van der Waals surface area contributed by atoms with Crippen LogP contribution in [0.4, 0.5) is 0 Å². The standard InChI is InChI=1S/C10H20N2S/c1-2-10(1)12-5-4-11-7-9-3-6-13-8-9/h9-12H,1-8H2. The molecule has 2 aliphatic rings. The third-order valence-electron chi connectivity index (χ3n) is 2.77. The Kier molecular flexibility index (Phi) is 3.94. The first-order valence-electron chi connectivity index (χ1n) is 5.47. The van der Waals surface area contributed by atoms with Crippen molar-refractivity contribution in [1.82, 2.24) is 10.6 Å².